The van der Waals surface area contributed by atoms with Crippen molar-refractivity contribution >= 4 is 5.69 Å². The third kappa shape index (κ3) is 3.59. The lowest BCUT2D eigenvalue weighted by Gasteiger charge is -2.00. The number of hydrogen-bond donors (Lipinski definition) is 1. The highest BCUT2D eigenvalue weighted by Crippen LogP contribution is 2.13. The molecule has 0 spiro atoms. The largest absolute Gasteiger partial charge is 0.330 e. The number of nitrogens with two attached hydrogens (primary N) is 1. The van der Waals surface area contributed by atoms with Crippen LogP contribution < -0.4 is 5.73 Å². The van der Waals surface area contributed by atoms with E-state index in [1.165, 1.54) is 6.07 Å². The maximum Gasteiger partial charge on any atom is 0.269 e. The third-order valence-corrected chi connectivity index (χ3v) is 2.69. The molecule has 7 heteroatoms. The molecule has 0 radical (unpaired) electrons. The van der Waals surface area contributed by atoms with E-state index < -0.39 is 4.92 Å². The molecule has 2 rings (SSSR count). The number of aromatic nitrogens is 3. The molecule has 100 valence electrons. The van der Waals surface area contributed by atoms with Gasteiger partial charge in [-0.3, -0.25) is 10.1 Å². The summed E-state index contributed by atoms with van der Waals surface area (Å²) in [6, 6.07) is 6.51. The highest BCUT2D eigenvalue weighted by molar-refractivity contribution is 5.34. The summed E-state index contributed by atoms with van der Waals surface area (Å²) in [5.74, 6) is 0. The number of nitro benzene ring substituents is 1. The van der Waals surface area contributed by atoms with Crippen molar-refractivity contribution in [3.63, 3.8) is 0 Å². The van der Waals surface area contributed by atoms with E-state index >= 15 is 0 Å². The quantitative estimate of drug-likeness (QED) is 0.620. The maximum atomic E-state index is 10.7. The molecule has 0 aliphatic rings. The summed E-state index contributed by atoms with van der Waals surface area (Å²) in [5.41, 5.74) is 7.23. The van der Waals surface area contributed by atoms with Crippen molar-refractivity contribution in [1.82, 2.24) is 15.0 Å². The molecule has 0 aliphatic heterocycles. The molecule has 1 aromatic heterocycles. The zero-order valence-electron chi connectivity index (χ0n) is 10.4. The van der Waals surface area contributed by atoms with E-state index in [1.807, 2.05) is 12.3 Å². The first-order chi connectivity index (χ1) is 9.19. The number of nitro groups is 1. The lowest BCUT2D eigenvalue weighted by Crippen LogP contribution is -2.01. The molecule has 7 nitrogen and oxygen atoms in total. The van der Waals surface area contributed by atoms with Gasteiger partial charge in [-0.25, -0.2) is 4.68 Å². The van der Waals surface area contributed by atoms with E-state index in [9.17, 15) is 10.1 Å². The van der Waals surface area contributed by atoms with Crippen molar-refractivity contribution < 1.29 is 4.92 Å². The molecule has 2 aromatic rings. The first kappa shape index (κ1) is 13.2. The molecule has 0 saturated heterocycles. The number of benzene rings is 1. The van der Waals surface area contributed by atoms with Crippen molar-refractivity contribution in [2.24, 2.45) is 5.73 Å². The number of rotatable bonds is 6. The zero-order chi connectivity index (χ0) is 13.7. The normalized spacial score (nSPS) is 10.6. The van der Waals surface area contributed by atoms with Crippen molar-refractivity contribution in [1.29, 1.82) is 0 Å². The van der Waals surface area contributed by atoms with E-state index in [0.29, 0.717) is 13.1 Å². The average molecular weight is 261 g/mol. The Kier molecular flexibility index (Phi) is 4.19. The number of nitrogens with zero attached hydrogens (tertiary/aromatic N) is 4. The smallest absolute Gasteiger partial charge is 0.269 e. The predicted molar refractivity (Wildman–Crippen MR) is 69.6 cm³/mol. The molecule has 0 saturated carbocycles. The number of aryl methyl sites for hydroxylation is 1. The van der Waals surface area contributed by atoms with Crippen molar-refractivity contribution in [2.45, 2.75) is 19.4 Å². The van der Waals surface area contributed by atoms with E-state index in [-0.39, 0.29) is 5.69 Å². The molecular formula is C12H15N5O2. The van der Waals surface area contributed by atoms with E-state index in [0.717, 1.165) is 24.1 Å². The van der Waals surface area contributed by atoms with Gasteiger partial charge in [-0.15, -0.1) is 5.10 Å². The second-order valence-electron chi connectivity index (χ2n) is 4.23. The highest BCUT2D eigenvalue weighted by Gasteiger charge is 2.07. The lowest BCUT2D eigenvalue weighted by molar-refractivity contribution is -0.384. The van der Waals surface area contributed by atoms with Crippen LogP contribution in [0.15, 0.2) is 30.5 Å². The van der Waals surface area contributed by atoms with Crippen LogP contribution >= 0.6 is 0 Å². The zero-order valence-corrected chi connectivity index (χ0v) is 10.4. The fourth-order valence-electron chi connectivity index (χ4n) is 1.77. The number of non-ortho nitro benzene ring substituents is 1. The molecule has 19 heavy (non-hydrogen) atoms. The predicted octanol–water partition coefficient (Wildman–Crippen LogP) is 1.13. The van der Waals surface area contributed by atoms with Gasteiger partial charge in [0.1, 0.15) is 0 Å². The van der Waals surface area contributed by atoms with Crippen molar-refractivity contribution in [3.05, 3.63) is 51.8 Å². The average Bonchev–Trinajstić information content (AvgIpc) is 2.84. The van der Waals surface area contributed by atoms with Gasteiger partial charge in [0, 0.05) is 18.3 Å². The molecule has 1 heterocycles. The summed E-state index contributed by atoms with van der Waals surface area (Å²) in [7, 11) is 0. The molecule has 1 aromatic carbocycles. The van der Waals surface area contributed by atoms with Crippen molar-refractivity contribution in [3.8, 4) is 0 Å². The first-order valence-corrected chi connectivity index (χ1v) is 6.01. The van der Waals surface area contributed by atoms with E-state index in [1.54, 1.807) is 16.8 Å². The Morgan fingerprint density at radius 3 is 3.00 bits per heavy atom. The Bertz CT molecular complexity index is 567. The van der Waals surface area contributed by atoms with Crippen LogP contribution in [0.3, 0.4) is 0 Å². The third-order valence-electron chi connectivity index (χ3n) is 2.69. The monoisotopic (exact) mass is 261 g/mol. The molecule has 0 unspecified atom stereocenters. The van der Waals surface area contributed by atoms with Crippen LogP contribution in [0.5, 0.6) is 0 Å². The van der Waals surface area contributed by atoms with Gasteiger partial charge >= 0.3 is 0 Å². The molecule has 2 N–H and O–H groups in total. The molecule has 0 atom stereocenters. The molecule has 0 fully saturated rings. The fourth-order valence-corrected chi connectivity index (χ4v) is 1.77. The summed E-state index contributed by atoms with van der Waals surface area (Å²) >= 11 is 0. The van der Waals surface area contributed by atoms with Crippen LogP contribution in [0.4, 0.5) is 5.69 Å². The van der Waals surface area contributed by atoms with Gasteiger partial charge in [0.2, 0.25) is 0 Å². The Labute approximate surface area is 110 Å². The van der Waals surface area contributed by atoms with Crippen molar-refractivity contribution in [2.75, 3.05) is 6.54 Å². The van der Waals surface area contributed by atoms with Crippen LogP contribution in [-0.4, -0.2) is 26.5 Å². The fraction of sp³-hybridized carbons (Fsp3) is 0.333. The SMILES string of the molecule is NCCCc1cn(Cc2cccc([N+](=O)[O-])c2)nn1. The minimum absolute atomic E-state index is 0.0842. The van der Waals surface area contributed by atoms with Gasteiger partial charge in [-0.1, -0.05) is 17.3 Å². The lowest BCUT2D eigenvalue weighted by atomic mass is 10.2. The molecule has 0 amide bonds. The summed E-state index contributed by atoms with van der Waals surface area (Å²) < 4.78 is 1.67. The maximum absolute atomic E-state index is 10.7. The Hall–Kier alpha value is -2.28. The highest BCUT2D eigenvalue weighted by atomic mass is 16.6. The van der Waals surface area contributed by atoms with E-state index in [2.05, 4.69) is 10.3 Å². The van der Waals surface area contributed by atoms with Gasteiger partial charge in [-0.2, -0.15) is 0 Å². The summed E-state index contributed by atoms with van der Waals surface area (Å²) in [6.07, 6.45) is 3.51. The van der Waals surface area contributed by atoms with E-state index in [4.69, 9.17) is 5.73 Å². The van der Waals surface area contributed by atoms with Gasteiger partial charge in [0.05, 0.1) is 17.2 Å². The minimum atomic E-state index is -0.405. The van der Waals surface area contributed by atoms with Crippen LogP contribution in [0.2, 0.25) is 0 Å². The molecular weight excluding hydrogens is 246 g/mol. The standard InChI is InChI=1S/C12H15N5O2/c13-6-2-4-11-9-16(15-14-11)8-10-3-1-5-12(7-10)17(18)19/h1,3,5,7,9H,2,4,6,8,13H2. The Balaban J connectivity index is 2.06. The molecule has 0 bridgehead atoms. The van der Waals surface area contributed by atoms with Gasteiger partial charge in [0.25, 0.3) is 5.69 Å². The number of hydrogen-bond acceptors (Lipinski definition) is 5. The topological polar surface area (TPSA) is 99.9 Å². The van der Waals surface area contributed by atoms with Gasteiger partial charge < -0.3 is 5.73 Å². The second-order valence-corrected chi connectivity index (χ2v) is 4.23. The summed E-state index contributed by atoms with van der Waals surface area (Å²) in [4.78, 5) is 10.3. The Morgan fingerprint density at radius 2 is 2.26 bits per heavy atom. The first-order valence-electron chi connectivity index (χ1n) is 6.01. The van der Waals surface area contributed by atoms with Crippen LogP contribution in [0, 0.1) is 10.1 Å². The van der Waals surface area contributed by atoms with Crippen LogP contribution in [-0.2, 0) is 13.0 Å². The second kappa shape index (κ2) is 6.05. The summed E-state index contributed by atoms with van der Waals surface area (Å²) in [5, 5.41) is 18.7. The Morgan fingerprint density at radius 1 is 1.42 bits per heavy atom. The van der Waals surface area contributed by atoms with Gasteiger partial charge in [0.15, 0.2) is 0 Å². The summed E-state index contributed by atoms with van der Waals surface area (Å²) in [6.45, 7) is 1.09. The van der Waals surface area contributed by atoms with Gasteiger partial charge in [-0.05, 0) is 24.9 Å². The van der Waals surface area contributed by atoms with Crippen LogP contribution in [0.25, 0.3) is 0 Å². The minimum Gasteiger partial charge on any atom is -0.330 e. The molecule has 0 aliphatic carbocycles. The van der Waals surface area contributed by atoms with Crippen LogP contribution in [0.1, 0.15) is 17.7 Å².